The number of pyridine rings is 1. The van der Waals surface area contributed by atoms with Crippen LogP contribution in [0.15, 0.2) is 24.7 Å². The van der Waals surface area contributed by atoms with Crippen LogP contribution in [0.5, 0.6) is 0 Å². The van der Waals surface area contributed by atoms with E-state index in [0.29, 0.717) is 18.6 Å². The van der Waals surface area contributed by atoms with E-state index in [9.17, 15) is 18.0 Å². The van der Waals surface area contributed by atoms with Gasteiger partial charge in [-0.1, -0.05) is 0 Å². The molecule has 1 atom stereocenters. The maximum absolute atomic E-state index is 12.8. The molecular weight excluding hydrogens is 285 g/mol. The second-order valence-corrected chi connectivity index (χ2v) is 5.08. The quantitative estimate of drug-likeness (QED) is 0.810. The zero-order chi connectivity index (χ0) is 15.0. The van der Waals surface area contributed by atoms with Gasteiger partial charge in [0.15, 0.2) is 5.65 Å². The van der Waals surface area contributed by atoms with E-state index in [0.717, 1.165) is 0 Å². The minimum atomic E-state index is -4.26. The van der Waals surface area contributed by atoms with Crippen molar-refractivity contribution >= 4 is 11.6 Å². The number of carbonyl (C=O) groups excluding carboxylic acids is 1. The molecule has 21 heavy (non-hydrogen) atoms. The summed E-state index contributed by atoms with van der Waals surface area (Å²) in [5.41, 5.74) is 0.634. The van der Waals surface area contributed by atoms with Crippen LogP contribution in [0.3, 0.4) is 0 Å². The minimum absolute atomic E-state index is 0.0718. The van der Waals surface area contributed by atoms with E-state index in [4.69, 9.17) is 0 Å². The van der Waals surface area contributed by atoms with Gasteiger partial charge in [0.2, 0.25) is 0 Å². The highest BCUT2D eigenvalue weighted by Gasteiger charge is 2.42. The van der Waals surface area contributed by atoms with Crippen LogP contribution in [-0.2, 0) is 0 Å². The highest BCUT2D eigenvalue weighted by atomic mass is 19.4. The molecule has 1 aliphatic rings. The topological polar surface area (TPSA) is 50.5 Å². The number of carbonyl (C=O) groups is 1. The largest absolute Gasteiger partial charge is 0.393 e. The van der Waals surface area contributed by atoms with E-state index in [1.807, 2.05) is 0 Å². The first-order valence-electron chi connectivity index (χ1n) is 6.61. The van der Waals surface area contributed by atoms with Crippen LogP contribution < -0.4 is 0 Å². The van der Waals surface area contributed by atoms with Crippen molar-refractivity contribution in [1.29, 1.82) is 0 Å². The van der Waals surface area contributed by atoms with Gasteiger partial charge in [0.05, 0.1) is 11.5 Å². The molecule has 2 aromatic rings. The third kappa shape index (κ3) is 2.57. The molecule has 0 saturated carbocycles. The first-order valence-corrected chi connectivity index (χ1v) is 6.61. The van der Waals surface area contributed by atoms with Crippen LogP contribution >= 0.6 is 0 Å². The minimum Gasteiger partial charge on any atom is -0.338 e. The van der Waals surface area contributed by atoms with Gasteiger partial charge in [-0.3, -0.25) is 4.79 Å². The maximum atomic E-state index is 12.8. The summed E-state index contributed by atoms with van der Waals surface area (Å²) in [7, 11) is 0. The molecule has 0 aromatic carbocycles. The van der Waals surface area contributed by atoms with Gasteiger partial charge in [0, 0.05) is 19.3 Å². The third-order valence-corrected chi connectivity index (χ3v) is 3.71. The molecule has 2 aromatic heterocycles. The number of fused-ring (bicyclic) bond motifs is 1. The normalized spacial score (nSPS) is 20.0. The zero-order valence-corrected chi connectivity index (χ0v) is 11.0. The summed E-state index contributed by atoms with van der Waals surface area (Å²) in [4.78, 5) is 17.7. The van der Waals surface area contributed by atoms with Gasteiger partial charge in [-0.2, -0.15) is 18.3 Å². The van der Waals surface area contributed by atoms with E-state index in [2.05, 4.69) is 10.1 Å². The second-order valence-electron chi connectivity index (χ2n) is 5.08. The first-order chi connectivity index (χ1) is 9.97. The van der Waals surface area contributed by atoms with Gasteiger partial charge in [-0.25, -0.2) is 9.50 Å². The fourth-order valence-electron chi connectivity index (χ4n) is 2.61. The van der Waals surface area contributed by atoms with Gasteiger partial charge in [-0.15, -0.1) is 0 Å². The van der Waals surface area contributed by atoms with Crippen molar-refractivity contribution in [2.24, 2.45) is 5.92 Å². The van der Waals surface area contributed by atoms with Gasteiger partial charge in [-0.05, 0) is 25.0 Å². The average Bonchev–Trinajstić information content (AvgIpc) is 2.94. The molecule has 0 aliphatic carbocycles. The summed E-state index contributed by atoms with van der Waals surface area (Å²) >= 11 is 0. The number of nitrogens with zero attached hydrogens (tertiary/aromatic N) is 4. The Morgan fingerprint density at radius 1 is 1.38 bits per heavy atom. The van der Waals surface area contributed by atoms with Crippen LogP contribution in [-0.4, -0.2) is 44.7 Å². The standard InChI is InChI=1S/C13H13F3N4O/c14-13(15,16)9-3-1-5-19(7-9)12(21)10-4-2-6-20-11(10)17-8-18-20/h2,4,6,8-9H,1,3,5,7H2. The Kier molecular flexibility index (Phi) is 3.30. The number of halogens is 3. The van der Waals surface area contributed by atoms with E-state index in [1.54, 1.807) is 18.3 Å². The summed E-state index contributed by atoms with van der Waals surface area (Å²) in [5, 5.41) is 3.92. The first kappa shape index (κ1) is 13.8. The Labute approximate surface area is 118 Å². The molecule has 3 heterocycles. The van der Waals surface area contributed by atoms with E-state index in [-0.39, 0.29) is 18.5 Å². The Bertz CT molecular complexity index is 667. The Hall–Kier alpha value is -2.12. The van der Waals surface area contributed by atoms with Crippen LogP contribution in [0.2, 0.25) is 0 Å². The zero-order valence-electron chi connectivity index (χ0n) is 11.0. The van der Waals surface area contributed by atoms with Gasteiger partial charge >= 0.3 is 6.18 Å². The van der Waals surface area contributed by atoms with Crippen molar-refractivity contribution in [3.05, 3.63) is 30.2 Å². The number of hydrogen-bond donors (Lipinski definition) is 0. The van der Waals surface area contributed by atoms with Crippen LogP contribution in [0, 0.1) is 5.92 Å². The second kappa shape index (κ2) is 5.01. The van der Waals surface area contributed by atoms with Gasteiger partial charge < -0.3 is 4.90 Å². The van der Waals surface area contributed by atoms with Crippen LogP contribution in [0.4, 0.5) is 13.2 Å². The van der Waals surface area contributed by atoms with E-state index in [1.165, 1.54) is 15.7 Å². The van der Waals surface area contributed by atoms with Crippen molar-refractivity contribution in [3.8, 4) is 0 Å². The van der Waals surface area contributed by atoms with E-state index < -0.39 is 18.0 Å². The van der Waals surface area contributed by atoms with Crippen molar-refractivity contribution < 1.29 is 18.0 Å². The van der Waals surface area contributed by atoms with Crippen LogP contribution in [0.1, 0.15) is 23.2 Å². The molecule has 1 fully saturated rings. The molecule has 8 heteroatoms. The molecule has 0 N–H and O–H groups in total. The predicted octanol–water partition coefficient (Wildman–Crippen LogP) is 2.14. The lowest BCUT2D eigenvalue weighted by atomic mass is 9.97. The molecular formula is C13H13F3N4O. The van der Waals surface area contributed by atoms with Gasteiger partial charge in [0.25, 0.3) is 5.91 Å². The number of rotatable bonds is 1. The Morgan fingerprint density at radius 3 is 2.95 bits per heavy atom. The highest BCUT2D eigenvalue weighted by Crippen LogP contribution is 2.33. The molecule has 1 saturated heterocycles. The molecule has 1 aliphatic heterocycles. The van der Waals surface area contributed by atoms with Crippen molar-refractivity contribution in [2.45, 2.75) is 19.0 Å². The monoisotopic (exact) mass is 298 g/mol. The molecule has 1 unspecified atom stereocenters. The Morgan fingerprint density at radius 2 is 2.19 bits per heavy atom. The van der Waals surface area contributed by atoms with Crippen molar-refractivity contribution in [3.63, 3.8) is 0 Å². The SMILES string of the molecule is O=C(c1cccn2ncnc12)N1CCCC(C(F)(F)F)C1. The summed E-state index contributed by atoms with van der Waals surface area (Å²) in [6.45, 7) is 0.0398. The number of amides is 1. The number of likely N-dealkylation sites (tertiary alicyclic amines) is 1. The summed E-state index contributed by atoms with van der Waals surface area (Å²) < 4.78 is 39.9. The summed E-state index contributed by atoms with van der Waals surface area (Å²) in [5.74, 6) is -1.88. The lowest BCUT2D eigenvalue weighted by molar-refractivity contribution is -0.184. The fourth-order valence-corrected chi connectivity index (χ4v) is 2.61. The van der Waals surface area contributed by atoms with Crippen molar-refractivity contribution in [1.82, 2.24) is 19.5 Å². The maximum Gasteiger partial charge on any atom is 0.393 e. The summed E-state index contributed by atoms with van der Waals surface area (Å²) in [6, 6.07) is 3.18. The molecule has 112 valence electrons. The Balaban J connectivity index is 1.86. The molecule has 0 bridgehead atoms. The predicted molar refractivity (Wildman–Crippen MR) is 67.7 cm³/mol. The fraction of sp³-hybridized carbons (Fsp3) is 0.462. The number of aromatic nitrogens is 3. The molecule has 1 amide bonds. The average molecular weight is 298 g/mol. The number of piperidine rings is 1. The number of alkyl halides is 3. The smallest absolute Gasteiger partial charge is 0.338 e. The van der Waals surface area contributed by atoms with Gasteiger partial charge in [0.1, 0.15) is 6.33 Å². The lowest BCUT2D eigenvalue weighted by Gasteiger charge is -2.33. The van der Waals surface area contributed by atoms with Crippen LogP contribution in [0.25, 0.3) is 5.65 Å². The molecule has 3 rings (SSSR count). The summed E-state index contributed by atoms with van der Waals surface area (Å²) in [6.07, 6.45) is -0.900. The van der Waals surface area contributed by atoms with Crippen molar-refractivity contribution in [2.75, 3.05) is 13.1 Å². The van der Waals surface area contributed by atoms with E-state index >= 15 is 0 Å². The number of hydrogen-bond acceptors (Lipinski definition) is 3. The lowest BCUT2D eigenvalue weighted by Crippen LogP contribution is -2.44. The molecule has 0 spiro atoms. The molecule has 5 nitrogen and oxygen atoms in total. The molecule has 0 radical (unpaired) electrons. The third-order valence-electron chi connectivity index (χ3n) is 3.71. The highest BCUT2D eigenvalue weighted by molar-refractivity contribution is 5.99.